The van der Waals surface area contributed by atoms with Crippen LogP contribution in [0.3, 0.4) is 0 Å². The van der Waals surface area contributed by atoms with E-state index in [1.807, 2.05) is 5.38 Å². The Labute approximate surface area is 85.7 Å². The van der Waals surface area contributed by atoms with Gasteiger partial charge in [-0.15, -0.1) is 0 Å². The quantitative estimate of drug-likeness (QED) is 0.686. The van der Waals surface area contributed by atoms with Gasteiger partial charge in [-0.2, -0.15) is 4.37 Å². The first-order valence-electron chi connectivity index (χ1n) is 4.47. The van der Waals surface area contributed by atoms with Crippen LogP contribution < -0.4 is 4.90 Å². The van der Waals surface area contributed by atoms with Gasteiger partial charge in [-0.3, -0.25) is 9.59 Å². The standard InChI is InChI=1S/C9H10N2O2S/c12-5-8-9(6-14-10-8)11-3-1-7(13)2-4-11/h5-6H,1-4H2. The number of hydrogen-bond donors (Lipinski definition) is 0. The fourth-order valence-electron chi connectivity index (χ4n) is 1.56. The van der Waals surface area contributed by atoms with Crippen LogP contribution in [0, 0.1) is 0 Å². The molecule has 0 spiro atoms. The van der Waals surface area contributed by atoms with Crippen molar-refractivity contribution in [3.05, 3.63) is 11.1 Å². The van der Waals surface area contributed by atoms with E-state index in [1.165, 1.54) is 11.5 Å². The Morgan fingerprint density at radius 1 is 1.43 bits per heavy atom. The summed E-state index contributed by atoms with van der Waals surface area (Å²) in [7, 11) is 0. The summed E-state index contributed by atoms with van der Waals surface area (Å²) >= 11 is 1.28. The molecule has 0 aromatic carbocycles. The molecule has 0 radical (unpaired) electrons. The summed E-state index contributed by atoms with van der Waals surface area (Å²) in [6, 6.07) is 0. The first kappa shape index (κ1) is 9.33. The largest absolute Gasteiger partial charge is 0.368 e. The Morgan fingerprint density at radius 2 is 2.14 bits per heavy atom. The summed E-state index contributed by atoms with van der Waals surface area (Å²) in [4.78, 5) is 23.7. The lowest BCUT2D eigenvalue weighted by molar-refractivity contribution is -0.119. The zero-order valence-electron chi connectivity index (χ0n) is 7.60. The molecule has 14 heavy (non-hydrogen) atoms. The van der Waals surface area contributed by atoms with E-state index in [4.69, 9.17) is 0 Å². The molecule has 2 heterocycles. The molecule has 1 aromatic heterocycles. The van der Waals surface area contributed by atoms with Crippen molar-refractivity contribution in [2.24, 2.45) is 0 Å². The Balaban J connectivity index is 2.15. The maximum Gasteiger partial charge on any atom is 0.171 e. The van der Waals surface area contributed by atoms with E-state index in [1.54, 1.807) is 0 Å². The number of rotatable bonds is 2. The third-order valence-corrected chi connectivity index (χ3v) is 2.98. The van der Waals surface area contributed by atoms with Gasteiger partial charge in [0.2, 0.25) is 0 Å². The Morgan fingerprint density at radius 3 is 2.79 bits per heavy atom. The zero-order chi connectivity index (χ0) is 9.97. The van der Waals surface area contributed by atoms with Gasteiger partial charge in [-0.25, -0.2) is 0 Å². The van der Waals surface area contributed by atoms with E-state index in [0.717, 1.165) is 12.0 Å². The Hall–Kier alpha value is -1.23. The van der Waals surface area contributed by atoms with E-state index >= 15 is 0 Å². The van der Waals surface area contributed by atoms with Crippen LogP contribution in [0.15, 0.2) is 5.38 Å². The molecule has 5 heteroatoms. The molecule has 1 fully saturated rings. The van der Waals surface area contributed by atoms with Crippen LogP contribution in [-0.4, -0.2) is 29.5 Å². The molecule has 0 atom stereocenters. The van der Waals surface area contributed by atoms with Crippen molar-refractivity contribution in [1.29, 1.82) is 0 Å². The number of carbonyl (C=O) groups is 2. The van der Waals surface area contributed by atoms with Gasteiger partial charge in [-0.05, 0) is 11.5 Å². The monoisotopic (exact) mass is 210 g/mol. The number of anilines is 1. The predicted octanol–water partition coefficient (Wildman–Crippen LogP) is 1.12. The van der Waals surface area contributed by atoms with E-state index in [0.29, 0.717) is 37.4 Å². The zero-order valence-corrected chi connectivity index (χ0v) is 8.42. The summed E-state index contributed by atoms with van der Waals surface area (Å²) < 4.78 is 3.98. The minimum Gasteiger partial charge on any atom is -0.368 e. The van der Waals surface area contributed by atoms with Gasteiger partial charge >= 0.3 is 0 Å². The molecular weight excluding hydrogens is 200 g/mol. The average Bonchev–Trinajstić information content (AvgIpc) is 2.67. The molecule has 0 amide bonds. The number of carbonyl (C=O) groups excluding carboxylic acids is 2. The van der Waals surface area contributed by atoms with Crippen LogP contribution >= 0.6 is 11.5 Å². The molecule has 74 valence electrons. The first-order chi connectivity index (χ1) is 6.81. The highest BCUT2D eigenvalue weighted by molar-refractivity contribution is 7.04. The minimum atomic E-state index is 0.303. The molecule has 0 N–H and O–H groups in total. The van der Waals surface area contributed by atoms with E-state index < -0.39 is 0 Å². The van der Waals surface area contributed by atoms with Crippen molar-refractivity contribution in [3.63, 3.8) is 0 Å². The van der Waals surface area contributed by atoms with Crippen LogP contribution in [0.1, 0.15) is 23.3 Å². The second-order valence-corrected chi connectivity index (χ2v) is 3.86. The molecule has 0 aliphatic carbocycles. The fraction of sp³-hybridized carbons (Fsp3) is 0.444. The van der Waals surface area contributed by atoms with Crippen molar-refractivity contribution >= 4 is 29.3 Å². The lowest BCUT2D eigenvalue weighted by atomic mass is 10.1. The van der Waals surface area contributed by atoms with Gasteiger partial charge < -0.3 is 4.90 Å². The van der Waals surface area contributed by atoms with Crippen LogP contribution in [0.2, 0.25) is 0 Å². The van der Waals surface area contributed by atoms with E-state index in [2.05, 4.69) is 9.27 Å². The van der Waals surface area contributed by atoms with Crippen LogP contribution in [0.25, 0.3) is 0 Å². The summed E-state index contributed by atoms with van der Waals surface area (Å²) in [5, 5.41) is 1.86. The highest BCUT2D eigenvalue weighted by Gasteiger charge is 2.19. The number of Topliss-reactive ketones (excluding diaryl/α,β-unsaturated/α-hetero) is 1. The van der Waals surface area contributed by atoms with Gasteiger partial charge in [0, 0.05) is 31.3 Å². The number of aldehydes is 1. The molecule has 0 unspecified atom stereocenters. The number of ketones is 1. The van der Waals surface area contributed by atoms with Gasteiger partial charge in [0.1, 0.15) is 11.5 Å². The van der Waals surface area contributed by atoms with Crippen molar-refractivity contribution in [2.45, 2.75) is 12.8 Å². The fourth-order valence-corrected chi connectivity index (χ4v) is 2.23. The third-order valence-electron chi connectivity index (χ3n) is 2.35. The van der Waals surface area contributed by atoms with Gasteiger partial charge in [-0.1, -0.05) is 0 Å². The number of nitrogens with zero attached hydrogens (tertiary/aromatic N) is 2. The number of hydrogen-bond acceptors (Lipinski definition) is 5. The second-order valence-electron chi connectivity index (χ2n) is 3.23. The SMILES string of the molecule is O=Cc1nscc1N1CCC(=O)CC1. The molecule has 1 aliphatic rings. The third kappa shape index (κ3) is 1.68. The van der Waals surface area contributed by atoms with Crippen molar-refractivity contribution in [1.82, 2.24) is 4.37 Å². The van der Waals surface area contributed by atoms with Crippen LogP contribution in [0.5, 0.6) is 0 Å². The summed E-state index contributed by atoms with van der Waals surface area (Å²) in [6.45, 7) is 1.41. The van der Waals surface area contributed by atoms with Gasteiger partial charge in [0.15, 0.2) is 6.29 Å². The molecular formula is C9H10N2O2S. The molecule has 2 rings (SSSR count). The molecule has 0 saturated carbocycles. The van der Waals surface area contributed by atoms with E-state index in [9.17, 15) is 9.59 Å². The van der Waals surface area contributed by atoms with Crippen LogP contribution in [-0.2, 0) is 4.79 Å². The predicted molar refractivity (Wildman–Crippen MR) is 54.0 cm³/mol. The molecule has 1 aromatic rings. The van der Waals surface area contributed by atoms with Crippen molar-refractivity contribution in [3.8, 4) is 0 Å². The lowest BCUT2D eigenvalue weighted by Crippen LogP contribution is -2.34. The van der Waals surface area contributed by atoms with Crippen molar-refractivity contribution < 1.29 is 9.59 Å². The minimum absolute atomic E-state index is 0.303. The highest BCUT2D eigenvalue weighted by atomic mass is 32.1. The molecule has 0 bridgehead atoms. The summed E-state index contributed by atoms with van der Waals surface area (Å²) in [6.07, 6.45) is 1.92. The molecule has 1 aliphatic heterocycles. The maximum absolute atomic E-state index is 11.0. The maximum atomic E-state index is 11.0. The second kappa shape index (κ2) is 3.88. The van der Waals surface area contributed by atoms with E-state index in [-0.39, 0.29) is 0 Å². The lowest BCUT2D eigenvalue weighted by Gasteiger charge is -2.26. The van der Waals surface area contributed by atoms with Crippen LogP contribution in [0.4, 0.5) is 5.69 Å². The number of aromatic nitrogens is 1. The molecule has 1 saturated heterocycles. The highest BCUT2D eigenvalue weighted by Crippen LogP contribution is 2.23. The number of piperidine rings is 1. The normalized spacial score (nSPS) is 17.1. The molecule has 4 nitrogen and oxygen atoms in total. The Bertz CT molecular complexity index is 351. The smallest absolute Gasteiger partial charge is 0.171 e. The topological polar surface area (TPSA) is 50.3 Å². The Kier molecular flexibility index (Phi) is 2.58. The van der Waals surface area contributed by atoms with Crippen molar-refractivity contribution in [2.75, 3.05) is 18.0 Å². The van der Waals surface area contributed by atoms with Gasteiger partial charge in [0.05, 0.1) is 5.69 Å². The summed E-state index contributed by atoms with van der Waals surface area (Å²) in [5.74, 6) is 0.303. The average molecular weight is 210 g/mol. The van der Waals surface area contributed by atoms with Gasteiger partial charge in [0.25, 0.3) is 0 Å². The summed E-state index contributed by atoms with van der Waals surface area (Å²) in [5.41, 5.74) is 1.36. The first-order valence-corrected chi connectivity index (χ1v) is 5.31.